The van der Waals surface area contributed by atoms with Gasteiger partial charge in [0.05, 0.1) is 16.8 Å². The number of nitrogens with zero attached hydrogens (tertiary/aromatic N) is 2. The molecule has 2 amide bonds. The summed E-state index contributed by atoms with van der Waals surface area (Å²) in [7, 11) is -4.14. The van der Waals surface area contributed by atoms with Crippen LogP contribution < -0.4 is 19.8 Å². The summed E-state index contributed by atoms with van der Waals surface area (Å²) in [5.74, 6) is -0.591. The molecule has 2 N–H and O–H groups in total. The lowest BCUT2D eigenvalue weighted by molar-refractivity contribution is -0.119. The van der Waals surface area contributed by atoms with Gasteiger partial charge < -0.3 is 10.1 Å². The van der Waals surface area contributed by atoms with E-state index >= 15 is 0 Å². The quantitative estimate of drug-likeness (QED) is 0.153. The Balaban J connectivity index is 1.35. The number of carbonyl (C=O) groups is 2. The number of benzene rings is 4. The second-order valence-corrected chi connectivity index (χ2v) is 11.8. The van der Waals surface area contributed by atoms with Crippen LogP contribution in [0.2, 0.25) is 15.1 Å². The Morgan fingerprint density at radius 3 is 2.14 bits per heavy atom. The van der Waals surface area contributed by atoms with E-state index in [9.17, 15) is 18.0 Å². The molecule has 13 heteroatoms. The highest BCUT2D eigenvalue weighted by Gasteiger charge is 2.27. The van der Waals surface area contributed by atoms with Gasteiger partial charge in [-0.05, 0) is 90.5 Å². The maximum absolute atomic E-state index is 13.4. The van der Waals surface area contributed by atoms with Gasteiger partial charge in [0, 0.05) is 20.8 Å². The maximum atomic E-state index is 13.4. The molecule has 0 saturated carbocycles. The van der Waals surface area contributed by atoms with Gasteiger partial charge >= 0.3 is 0 Å². The molecular weight excluding hydrogens is 623 g/mol. The van der Waals surface area contributed by atoms with Crippen molar-refractivity contribution in [1.82, 2.24) is 5.43 Å². The Morgan fingerprint density at radius 2 is 1.48 bits per heavy atom. The topological polar surface area (TPSA) is 117 Å². The molecule has 0 spiro atoms. The van der Waals surface area contributed by atoms with Gasteiger partial charge in [-0.15, -0.1) is 0 Å². The van der Waals surface area contributed by atoms with E-state index < -0.39 is 22.5 Å². The van der Waals surface area contributed by atoms with E-state index in [-0.39, 0.29) is 23.1 Å². The lowest BCUT2D eigenvalue weighted by atomic mass is 10.2. The summed E-state index contributed by atoms with van der Waals surface area (Å²) in [4.78, 5) is 24.8. The summed E-state index contributed by atoms with van der Waals surface area (Å²) >= 11 is 17.9. The number of halogens is 3. The number of rotatable bonds is 11. The zero-order valence-electron chi connectivity index (χ0n) is 21.7. The van der Waals surface area contributed by atoms with Crippen LogP contribution in [0.4, 0.5) is 11.4 Å². The predicted octanol–water partition coefficient (Wildman–Crippen LogP) is 6.01. The molecule has 216 valence electrons. The molecule has 0 aliphatic heterocycles. The van der Waals surface area contributed by atoms with Crippen LogP contribution in [-0.4, -0.2) is 39.6 Å². The van der Waals surface area contributed by atoms with Crippen molar-refractivity contribution in [2.45, 2.75) is 4.90 Å². The summed E-state index contributed by atoms with van der Waals surface area (Å²) in [5.41, 5.74) is 3.71. The SMILES string of the molecule is O=C(CN(c1cccc(Cl)c1)S(=O)(=O)c1ccc(Cl)cc1)N/N=C\c1ccc(OCC(=O)Nc2cccc(Cl)c2)cc1. The number of nitrogens with one attached hydrogen (secondary N) is 2. The van der Waals surface area contributed by atoms with Crippen LogP contribution >= 0.6 is 34.8 Å². The fraction of sp³-hybridized carbons (Fsp3) is 0.0690. The minimum atomic E-state index is -4.14. The Hall–Kier alpha value is -4.09. The first-order chi connectivity index (χ1) is 20.1. The fourth-order valence-corrected chi connectivity index (χ4v) is 5.50. The van der Waals surface area contributed by atoms with Crippen LogP contribution in [0.3, 0.4) is 0 Å². The van der Waals surface area contributed by atoms with Crippen molar-refractivity contribution in [1.29, 1.82) is 0 Å². The van der Waals surface area contributed by atoms with E-state index in [0.29, 0.717) is 32.1 Å². The van der Waals surface area contributed by atoms with E-state index in [1.807, 2.05) is 0 Å². The highest BCUT2D eigenvalue weighted by Crippen LogP contribution is 2.27. The van der Waals surface area contributed by atoms with Crippen LogP contribution in [0.25, 0.3) is 0 Å². The molecule has 4 rings (SSSR count). The van der Waals surface area contributed by atoms with Crippen molar-refractivity contribution < 1.29 is 22.7 Å². The smallest absolute Gasteiger partial charge is 0.264 e. The first-order valence-corrected chi connectivity index (χ1v) is 14.8. The molecule has 0 bridgehead atoms. The number of hydrogen-bond donors (Lipinski definition) is 2. The highest BCUT2D eigenvalue weighted by molar-refractivity contribution is 7.92. The van der Waals surface area contributed by atoms with Gasteiger partial charge in [-0.1, -0.05) is 46.9 Å². The standard InChI is InChI=1S/C29H23Cl3N4O5S/c30-21-9-13-27(14-10-21)42(39,40)36(25-6-2-4-23(32)16-25)18-28(37)35-33-17-20-7-11-26(12-8-20)41-19-29(38)34-24-5-1-3-22(31)15-24/h1-17H,18-19H2,(H,34,38)(H,35,37)/b33-17-. The van der Waals surface area contributed by atoms with Gasteiger partial charge in [0.25, 0.3) is 21.8 Å². The summed E-state index contributed by atoms with van der Waals surface area (Å²) in [6.07, 6.45) is 1.38. The summed E-state index contributed by atoms with van der Waals surface area (Å²) in [5, 5.41) is 7.79. The molecule has 0 aliphatic rings. The lowest BCUT2D eigenvalue weighted by Crippen LogP contribution is -2.39. The number of hydrazone groups is 1. The maximum Gasteiger partial charge on any atom is 0.264 e. The molecule has 4 aromatic carbocycles. The molecule has 9 nitrogen and oxygen atoms in total. The average molecular weight is 646 g/mol. The number of amides is 2. The molecule has 0 atom stereocenters. The van der Waals surface area contributed by atoms with Gasteiger partial charge in [0.2, 0.25) is 0 Å². The molecule has 0 radical (unpaired) electrons. The zero-order chi connectivity index (χ0) is 30.1. The van der Waals surface area contributed by atoms with Crippen molar-refractivity contribution in [3.63, 3.8) is 0 Å². The summed E-state index contributed by atoms with van der Waals surface area (Å²) in [6.45, 7) is -0.773. The Morgan fingerprint density at radius 1 is 0.810 bits per heavy atom. The van der Waals surface area contributed by atoms with Crippen LogP contribution in [0.15, 0.2) is 107 Å². The van der Waals surface area contributed by atoms with Crippen molar-refractivity contribution in [2.75, 3.05) is 22.8 Å². The van der Waals surface area contributed by atoms with Crippen LogP contribution in [0, 0.1) is 0 Å². The Bertz CT molecular complexity index is 1700. The van der Waals surface area contributed by atoms with E-state index in [1.165, 1.54) is 42.6 Å². The second-order valence-electron chi connectivity index (χ2n) is 8.65. The largest absolute Gasteiger partial charge is 0.484 e. The van der Waals surface area contributed by atoms with E-state index in [2.05, 4.69) is 15.8 Å². The monoisotopic (exact) mass is 644 g/mol. The molecule has 42 heavy (non-hydrogen) atoms. The predicted molar refractivity (Wildman–Crippen MR) is 165 cm³/mol. The zero-order valence-corrected chi connectivity index (χ0v) is 24.8. The normalized spacial score (nSPS) is 11.2. The summed E-state index contributed by atoms with van der Waals surface area (Å²) < 4.78 is 33.2. The van der Waals surface area contributed by atoms with Crippen molar-refractivity contribution in [3.05, 3.63) is 118 Å². The van der Waals surface area contributed by atoms with Crippen LogP contribution in [0.5, 0.6) is 5.75 Å². The van der Waals surface area contributed by atoms with Crippen LogP contribution in [-0.2, 0) is 19.6 Å². The Kier molecular flexibility index (Phi) is 10.4. The third kappa shape index (κ3) is 8.70. The summed E-state index contributed by atoms with van der Waals surface area (Å²) in [6, 6.07) is 25.1. The third-order valence-electron chi connectivity index (χ3n) is 5.55. The highest BCUT2D eigenvalue weighted by atomic mass is 35.5. The van der Waals surface area contributed by atoms with Crippen molar-refractivity contribution >= 4 is 74.2 Å². The van der Waals surface area contributed by atoms with E-state index in [0.717, 1.165) is 4.31 Å². The lowest BCUT2D eigenvalue weighted by Gasteiger charge is -2.23. The number of ether oxygens (including phenoxy) is 1. The van der Waals surface area contributed by atoms with Crippen LogP contribution in [0.1, 0.15) is 5.56 Å². The fourth-order valence-electron chi connectivity index (χ4n) is 3.59. The molecule has 0 aromatic heterocycles. The molecular formula is C29H23Cl3N4O5S. The minimum absolute atomic E-state index is 0.0487. The first-order valence-electron chi connectivity index (χ1n) is 12.2. The van der Waals surface area contributed by atoms with Gasteiger partial charge in [0.15, 0.2) is 6.61 Å². The van der Waals surface area contributed by atoms with Gasteiger partial charge in [0.1, 0.15) is 12.3 Å². The average Bonchev–Trinajstić information content (AvgIpc) is 2.95. The van der Waals surface area contributed by atoms with Gasteiger partial charge in [-0.2, -0.15) is 5.10 Å². The van der Waals surface area contributed by atoms with Gasteiger partial charge in [-0.3, -0.25) is 13.9 Å². The van der Waals surface area contributed by atoms with Crippen molar-refractivity contribution in [2.24, 2.45) is 5.10 Å². The van der Waals surface area contributed by atoms with E-state index in [1.54, 1.807) is 60.7 Å². The Labute approximate surface area is 257 Å². The molecule has 0 aliphatic carbocycles. The number of carbonyl (C=O) groups excluding carboxylic acids is 2. The molecule has 0 unspecified atom stereocenters. The molecule has 0 heterocycles. The number of sulfonamides is 1. The van der Waals surface area contributed by atoms with E-state index in [4.69, 9.17) is 39.5 Å². The molecule has 0 fully saturated rings. The minimum Gasteiger partial charge on any atom is -0.484 e. The third-order valence-corrected chi connectivity index (χ3v) is 8.06. The van der Waals surface area contributed by atoms with Crippen molar-refractivity contribution in [3.8, 4) is 5.75 Å². The van der Waals surface area contributed by atoms with Gasteiger partial charge in [-0.25, -0.2) is 13.8 Å². The molecule has 4 aromatic rings. The number of hydrogen-bond acceptors (Lipinski definition) is 6. The molecule has 0 saturated heterocycles. The number of anilines is 2. The first kappa shape index (κ1) is 30.9. The second kappa shape index (κ2) is 14.2.